The molecule has 0 radical (unpaired) electrons. The van der Waals surface area contributed by atoms with Crippen molar-refractivity contribution in [2.75, 3.05) is 6.26 Å². The van der Waals surface area contributed by atoms with Gasteiger partial charge in [-0.2, -0.15) is 8.42 Å². The smallest absolute Gasteiger partial charge is 0.306 e. The van der Waals surface area contributed by atoms with Crippen LogP contribution < -0.4 is 8.92 Å². The zero-order valence-corrected chi connectivity index (χ0v) is 12.5. The molecule has 3 rings (SSSR count). The highest BCUT2D eigenvalue weighted by molar-refractivity contribution is 7.86. The van der Waals surface area contributed by atoms with Crippen LogP contribution in [0.2, 0.25) is 0 Å². The van der Waals surface area contributed by atoms with Gasteiger partial charge in [-0.1, -0.05) is 30.3 Å². The number of benzene rings is 2. The number of hydrogen-bond donors (Lipinski definition) is 0. The largest absolute Gasteiger partial charge is 0.452 e. The third kappa shape index (κ3) is 3.01. The quantitative estimate of drug-likeness (QED) is 0.643. The van der Waals surface area contributed by atoms with E-state index in [4.69, 9.17) is 8.92 Å². The summed E-state index contributed by atoms with van der Waals surface area (Å²) in [5.74, 6) is 0.339. The molecule has 2 aromatic carbocycles. The van der Waals surface area contributed by atoms with Crippen molar-refractivity contribution >= 4 is 22.0 Å². The van der Waals surface area contributed by atoms with Crippen molar-refractivity contribution in [3.05, 3.63) is 65.4 Å². The molecule has 0 aromatic heterocycles. The summed E-state index contributed by atoms with van der Waals surface area (Å²) in [5.41, 5.74) is 1.22. The Kier molecular flexibility index (Phi) is 3.46. The van der Waals surface area contributed by atoms with Gasteiger partial charge in [0.2, 0.25) is 5.78 Å². The number of ketones is 1. The van der Waals surface area contributed by atoms with Crippen LogP contribution in [0, 0.1) is 0 Å². The molecule has 1 heterocycles. The summed E-state index contributed by atoms with van der Waals surface area (Å²) in [5, 5.41) is 0. The molecular formula is C16H12O5S. The van der Waals surface area contributed by atoms with Gasteiger partial charge in [0.1, 0.15) is 11.5 Å². The van der Waals surface area contributed by atoms with E-state index in [2.05, 4.69) is 0 Å². The SMILES string of the molecule is CS(=O)(=O)Oc1ccc2c(c1)OC(=Cc1ccccc1)C2=O. The fraction of sp³-hybridized carbons (Fsp3) is 0.0625. The number of carbonyl (C=O) groups is 1. The summed E-state index contributed by atoms with van der Waals surface area (Å²) in [6.07, 6.45) is 2.59. The number of Topliss-reactive ketones (excluding diaryl/α,β-unsaturated/α-hetero) is 1. The summed E-state index contributed by atoms with van der Waals surface area (Å²) < 4.78 is 32.6. The Morgan fingerprint density at radius 1 is 1.09 bits per heavy atom. The Morgan fingerprint density at radius 3 is 2.50 bits per heavy atom. The maximum atomic E-state index is 12.2. The molecule has 0 atom stereocenters. The van der Waals surface area contributed by atoms with Crippen molar-refractivity contribution < 1.29 is 22.1 Å². The third-order valence-corrected chi connectivity index (χ3v) is 3.48. The van der Waals surface area contributed by atoms with Crippen molar-refractivity contribution in [1.82, 2.24) is 0 Å². The lowest BCUT2D eigenvalue weighted by molar-refractivity contribution is 0.101. The summed E-state index contributed by atoms with van der Waals surface area (Å²) in [6, 6.07) is 13.6. The Bertz CT molecular complexity index is 867. The van der Waals surface area contributed by atoms with E-state index in [0.29, 0.717) is 5.56 Å². The van der Waals surface area contributed by atoms with E-state index < -0.39 is 10.1 Å². The van der Waals surface area contributed by atoms with Crippen LogP contribution in [0.1, 0.15) is 15.9 Å². The Balaban J connectivity index is 1.92. The van der Waals surface area contributed by atoms with Crippen LogP contribution in [0.5, 0.6) is 11.5 Å². The molecule has 5 nitrogen and oxygen atoms in total. The van der Waals surface area contributed by atoms with Crippen LogP contribution in [0.4, 0.5) is 0 Å². The molecule has 0 amide bonds. The van der Waals surface area contributed by atoms with E-state index in [-0.39, 0.29) is 23.0 Å². The lowest BCUT2D eigenvalue weighted by Crippen LogP contribution is -2.05. The molecule has 0 saturated carbocycles. The van der Waals surface area contributed by atoms with Crippen molar-refractivity contribution in [2.45, 2.75) is 0 Å². The molecule has 0 unspecified atom stereocenters. The minimum absolute atomic E-state index is 0.106. The zero-order valence-electron chi connectivity index (χ0n) is 11.6. The van der Waals surface area contributed by atoms with Gasteiger partial charge >= 0.3 is 10.1 Å². The molecule has 0 spiro atoms. The molecule has 112 valence electrons. The number of hydrogen-bond acceptors (Lipinski definition) is 5. The van der Waals surface area contributed by atoms with Crippen molar-refractivity contribution in [1.29, 1.82) is 0 Å². The fourth-order valence-corrected chi connectivity index (χ4v) is 2.55. The van der Waals surface area contributed by atoms with Gasteiger partial charge in [-0.05, 0) is 23.8 Å². The first-order valence-electron chi connectivity index (χ1n) is 6.45. The van der Waals surface area contributed by atoms with Crippen LogP contribution in [-0.2, 0) is 10.1 Å². The number of allylic oxidation sites excluding steroid dienone is 1. The molecule has 0 aliphatic carbocycles. The molecule has 0 N–H and O–H groups in total. The zero-order chi connectivity index (χ0) is 15.7. The normalized spacial score (nSPS) is 15.5. The van der Waals surface area contributed by atoms with Gasteiger partial charge in [-0.15, -0.1) is 0 Å². The first-order valence-corrected chi connectivity index (χ1v) is 8.27. The maximum Gasteiger partial charge on any atom is 0.306 e. The van der Waals surface area contributed by atoms with Crippen LogP contribution >= 0.6 is 0 Å². The molecule has 1 aliphatic heterocycles. The molecule has 1 aliphatic rings. The minimum atomic E-state index is -3.63. The van der Waals surface area contributed by atoms with E-state index in [1.54, 1.807) is 6.08 Å². The third-order valence-electron chi connectivity index (χ3n) is 2.99. The van der Waals surface area contributed by atoms with Crippen LogP contribution in [0.15, 0.2) is 54.3 Å². The Hall–Kier alpha value is -2.60. The number of ether oxygens (including phenoxy) is 1. The standard InChI is InChI=1S/C16H12O5S/c1-22(18,19)21-12-7-8-13-14(10-12)20-15(16(13)17)9-11-5-3-2-4-6-11/h2-10H,1H3. The molecule has 2 aromatic rings. The van der Waals surface area contributed by atoms with E-state index in [0.717, 1.165) is 11.8 Å². The second-order valence-electron chi connectivity index (χ2n) is 4.80. The first-order chi connectivity index (χ1) is 10.4. The first kappa shape index (κ1) is 14.3. The van der Waals surface area contributed by atoms with Crippen LogP contribution in [0.25, 0.3) is 6.08 Å². The van der Waals surface area contributed by atoms with Gasteiger partial charge in [0, 0.05) is 6.07 Å². The average molecular weight is 316 g/mol. The van der Waals surface area contributed by atoms with Gasteiger partial charge in [-0.25, -0.2) is 0 Å². The Labute approximate surface area is 127 Å². The molecule has 0 bridgehead atoms. The number of rotatable bonds is 3. The highest BCUT2D eigenvalue weighted by Crippen LogP contribution is 2.35. The number of fused-ring (bicyclic) bond motifs is 1. The lowest BCUT2D eigenvalue weighted by atomic mass is 10.1. The molecule has 6 heteroatoms. The molecular weight excluding hydrogens is 304 g/mol. The topological polar surface area (TPSA) is 69.7 Å². The summed E-state index contributed by atoms with van der Waals surface area (Å²) in [7, 11) is -3.63. The van der Waals surface area contributed by atoms with Gasteiger partial charge in [0.15, 0.2) is 5.76 Å². The molecule has 22 heavy (non-hydrogen) atoms. The van der Waals surface area contributed by atoms with Crippen LogP contribution in [0.3, 0.4) is 0 Å². The predicted molar refractivity (Wildman–Crippen MR) is 81.3 cm³/mol. The summed E-state index contributed by atoms with van der Waals surface area (Å²) in [4.78, 5) is 12.2. The van der Waals surface area contributed by atoms with Crippen molar-refractivity contribution in [3.8, 4) is 11.5 Å². The van der Waals surface area contributed by atoms with Gasteiger partial charge in [0.25, 0.3) is 0 Å². The van der Waals surface area contributed by atoms with Gasteiger partial charge < -0.3 is 8.92 Å². The van der Waals surface area contributed by atoms with Gasteiger partial charge in [-0.3, -0.25) is 4.79 Å². The maximum absolute atomic E-state index is 12.2. The second kappa shape index (κ2) is 5.31. The average Bonchev–Trinajstić information content (AvgIpc) is 2.74. The highest BCUT2D eigenvalue weighted by atomic mass is 32.2. The van der Waals surface area contributed by atoms with Crippen molar-refractivity contribution in [2.24, 2.45) is 0 Å². The van der Waals surface area contributed by atoms with Crippen molar-refractivity contribution in [3.63, 3.8) is 0 Å². The monoisotopic (exact) mass is 316 g/mol. The van der Waals surface area contributed by atoms with E-state index in [9.17, 15) is 13.2 Å². The van der Waals surface area contributed by atoms with E-state index in [1.807, 2.05) is 30.3 Å². The molecule has 0 fully saturated rings. The van der Waals surface area contributed by atoms with Gasteiger partial charge in [0.05, 0.1) is 11.8 Å². The predicted octanol–water partition coefficient (Wildman–Crippen LogP) is 2.64. The summed E-state index contributed by atoms with van der Waals surface area (Å²) >= 11 is 0. The Morgan fingerprint density at radius 2 is 1.82 bits per heavy atom. The fourth-order valence-electron chi connectivity index (χ4n) is 2.09. The van der Waals surface area contributed by atoms with E-state index in [1.165, 1.54) is 18.2 Å². The minimum Gasteiger partial charge on any atom is -0.452 e. The molecule has 0 saturated heterocycles. The highest BCUT2D eigenvalue weighted by Gasteiger charge is 2.28. The summed E-state index contributed by atoms with van der Waals surface area (Å²) in [6.45, 7) is 0. The van der Waals surface area contributed by atoms with Crippen LogP contribution in [-0.4, -0.2) is 20.5 Å². The number of carbonyl (C=O) groups excluding carboxylic acids is 1. The lowest BCUT2D eigenvalue weighted by Gasteiger charge is -2.03. The second-order valence-corrected chi connectivity index (χ2v) is 6.37. The van der Waals surface area contributed by atoms with E-state index >= 15 is 0 Å².